The fraction of sp³-hybridized carbons (Fsp3) is 0.286. The van der Waals surface area contributed by atoms with E-state index in [-0.39, 0.29) is 6.42 Å². The molecule has 0 amide bonds. The van der Waals surface area contributed by atoms with E-state index >= 15 is 0 Å². The van der Waals surface area contributed by atoms with E-state index in [0.29, 0.717) is 6.42 Å². The van der Waals surface area contributed by atoms with Crippen LogP contribution in [0.5, 0.6) is 0 Å². The van der Waals surface area contributed by atoms with Crippen LogP contribution in [-0.2, 0) is 6.42 Å². The Kier molecular flexibility index (Phi) is 3.43. The quantitative estimate of drug-likeness (QED) is 0.685. The number of hydrogen-bond donors (Lipinski definition) is 3. The lowest BCUT2D eigenvalue weighted by Gasteiger charge is -2.22. The van der Waals surface area contributed by atoms with E-state index in [1.807, 2.05) is 30.3 Å². The summed E-state index contributed by atoms with van der Waals surface area (Å²) in [5, 5.41) is 28.6. The topological polar surface area (TPSA) is 60.7 Å². The van der Waals surface area contributed by atoms with Crippen LogP contribution in [0.15, 0.2) is 54.1 Å². The lowest BCUT2D eigenvalue weighted by Crippen LogP contribution is -2.27. The van der Waals surface area contributed by atoms with Crippen LogP contribution < -0.4 is 0 Å². The second-order valence-electron chi connectivity index (χ2n) is 4.33. The van der Waals surface area contributed by atoms with Gasteiger partial charge < -0.3 is 15.3 Å². The predicted molar refractivity (Wildman–Crippen MR) is 65.2 cm³/mol. The second-order valence-corrected chi connectivity index (χ2v) is 4.33. The molecule has 0 saturated heterocycles. The summed E-state index contributed by atoms with van der Waals surface area (Å²) < 4.78 is 0. The fourth-order valence-corrected chi connectivity index (χ4v) is 1.84. The van der Waals surface area contributed by atoms with Gasteiger partial charge >= 0.3 is 0 Å². The van der Waals surface area contributed by atoms with Gasteiger partial charge in [0, 0.05) is 12.8 Å². The van der Waals surface area contributed by atoms with Crippen LogP contribution in [0.2, 0.25) is 0 Å². The molecular formula is C14H16O3. The second kappa shape index (κ2) is 4.84. The van der Waals surface area contributed by atoms with Crippen molar-refractivity contribution in [1.82, 2.24) is 0 Å². The third-order valence-electron chi connectivity index (χ3n) is 2.84. The van der Waals surface area contributed by atoms with Crippen molar-refractivity contribution in [3.8, 4) is 0 Å². The van der Waals surface area contributed by atoms with E-state index in [2.05, 4.69) is 0 Å². The molecule has 1 aliphatic carbocycles. The summed E-state index contributed by atoms with van der Waals surface area (Å²) in [6, 6.07) is 9.71. The van der Waals surface area contributed by atoms with Crippen molar-refractivity contribution in [2.75, 3.05) is 0 Å². The third-order valence-corrected chi connectivity index (χ3v) is 2.84. The zero-order valence-corrected chi connectivity index (χ0v) is 9.45. The molecule has 1 aliphatic rings. The van der Waals surface area contributed by atoms with Crippen molar-refractivity contribution in [3.05, 3.63) is 59.7 Å². The van der Waals surface area contributed by atoms with Crippen molar-refractivity contribution >= 4 is 0 Å². The Morgan fingerprint density at radius 2 is 1.88 bits per heavy atom. The van der Waals surface area contributed by atoms with E-state index in [1.54, 1.807) is 12.2 Å². The molecule has 0 aromatic heterocycles. The summed E-state index contributed by atoms with van der Waals surface area (Å²) in [4.78, 5) is 0. The van der Waals surface area contributed by atoms with Gasteiger partial charge in [-0.25, -0.2) is 0 Å². The van der Waals surface area contributed by atoms with Gasteiger partial charge in [-0.1, -0.05) is 42.5 Å². The minimum atomic E-state index is -1.77. The van der Waals surface area contributed by atoms with Crippen LogP contribution in [0.3, 0.4) is 0 Å². The maximum atomic E-state index is 10.0. The van der Waals surface area contributed by atoms with Crippen LogP contribution in [0.25, 0.3) is 0 Å². The molecule has 0 saturated carbocycles. The summed E-state index contributed by atoms with van der Waals surface area (Å²) >= 11 is 0. The Bertz CT molecular complexity index is 432. The Labute approximate surface area is 100 Å². The zero-order valence-electron chi connectivity index (χ0n) is 9.45. The van der Waals surface area contributed by atoms with Crippen LogP contribution in [0, 0.1) is 0 Å². The van der Waals surface area contributed by atoms with Gasteiger partial charge in [-0.3, -0.25) is 0 Å². The van der Waals surface area contributed by atoms with E-state index in [0.717, 1.165) is 11.1 Å². The highest BCUT2D eigenvalue weighted by Crippen LogP contribution is 2.21. The SMILES string of the molecule is OC(Cc1ccccc1)C1=CCC(O)(O)C=C1. The lowest BCUT2D eigenvalue weighted by atomic mass is 9.95. The summed E-state index contributed by atoms with van der Waals surface area (Å²) in [5.74, 6) is -1.77. The molecule has 1 aromatic carbocycles. The van der Waals surface area contributed by atoms with Gasteiger partial charge in [0.05, 0.1) is 6.10 Å². The highest BCUT2D eigenvalue weighted by atomic mass is 16.5. The molecule has 0 aliphatic heterocycles. The first-order chi connectivity index (χ1) is 8.07. The molecule has 90 valence electrons. The molecule has 17 heavy (non-hydrogen) atoms. The van der Waals surface area contributed by atoms with Crippen LogP contribution >= 0.6 is 0 Å². The molecule has 0 fully saturated rings. The van der Waals surface area contributed by atoms with E-state index < -0.39 is 11.9 Å². The van der Waals surface area contributed by atoms with E-state index in [1.165, 1.54) is 6.08 Å². The molecule has 0 bridgehead atoms. The summed E-state index contributed by atoms with van der Waals surface area (Å²) in [6.07, 6.45) is 4.57. The first kappa shape index (κ1) is 12.0. The predicted octanol–water partition coefficient (Wildman–Crippen LogP) is 1.16. The molecule has 1 atom stereocenters. The Hall–Kier alpha value is -1.42. The van der Waals surface area contributed by atoms with Gasteiger partial charge in [-0.05, 0) is 17.2 Å². The van der Waals surface area contributed by atoms with Crippen LogP contribution in [-0.4, -0.2) is 27.2 Å². The van der Waals surface area contributed by atoms with Gasteiger partial charge in [0.25, 0.3) is 0 Å². The molecule has 0 spiro atoms. The summed E-state index contributed by atoms with van der Waals surface area (Å²) in [5.41, 5.74) is 1.78. The number of hydrogen-bond acceptors (Lipinski definition) is 3. The number of benzene rings is 1. The highest BCUT2D eigenvalue weighted by Gasteiger charge is 2.22. The van der Waals surface area contributed by atoms with Crippen molar-refractivity contribution in [2.45, 2.75) is 24.7 Å². The molecule has 0 radical (unpaired) electrons. The molecule has 3 heteroatoms. The minimum Gasteiger partial charge on any atom is -0.388 e. The van der Waals surface area contributed by atoms with Gasteiger partial charge in [-0.2, -0.15) is 0 Å². The molecule has 3 nitrogen and oxygen atoms in total. The average molecular weight is 232 g/mol. The normalized spacial score (nSPS) is 19.8. The average Bonchev–Trinajstić information content (AvgIpc) is 2.30. The Balaban J connectivity index is 2.01. The maximum Gasteiger partial charge on any atom is 0.186 e. The smallest absolute Gasteiger partial charge is 0.186 e. The van der Waals surface area contributed by atoms with Gasteiger partial charge in [-0.15, -0.1) is 0 Å². The largest absolute Gasteiger partial charge is 0.388 e. The standard InChI is InChI=1S/C14H16O3/c15-13(10-11-4-2-1-3-5-11)12-6-8-14(16,17)9-7-12/h1-8,13,15-17H,9-10H2. The Morgan fingerprint density at radius 3 is 2.47 bits per heavy atom. The summed E-state index contributed by atoms with van der Waals surface area (Å²) in [6.45, 7) is 0. The number of aliphatic hydroxyl groups is 3. The zero-order chi connectivity index (χ0) is 12.3. The fourth-order valence-electron chi connectivity index (χ4n) is 1.84. The Morgan fingerprint density at radius 1 is 1.18 bits per heavy atom. The van der Waals surface area contributed by atoms with Gasteiger partial charge in [0.1, 0.15) is 0 Å². The van der Waals surface area contributed by atoms with E-state index in [4.69, 9.17) is 0 Å². The highest BCUT2D eigenvalue weighted by molar-refractivity contribution is 5.31. The minimum absolute atomic E-state index is 0.116. The van der Waals surface area contributed by atoms with Crippen LogP contribution in [0.1, 0.15) is 12.0 Å². The van der Waals surface area contributed by atoms with Crippen molar-refractivity contribution < 1.29 is 15.3 Å². The molecule has 1 unspecified atom stereocenters. The first-order valence-corrected chi connectivity index (χ1v) is 5.63. The van der Waals surface area contributed by atoms with Crippen LogP contribution in [0.4, 0.5) is 0 Å². The maximum absolute atomic E-state index is 10.0. The molecule has 1 aromatic rings. The third kappa shape index (κ3) is 3.27. The molecule has 2 rings (SSSR count). The lowest BCUT2D eigenvalue weighted by molar-refractivity contribution is -0.115. The number of rotatable bonds is 3. The first-order valence-electron chi connectivity index (χ1n) is 5.63. The van der Waals surface area contributed by atoms with E-state index in [9.17, 15) is 15.3 Å². The van der Waals surface area contributed by atoms with Gasteiger partial charge in [0.15, 0.2) is 5.79 Å². The molecular weight excluding hydrogens is 216 g/mol. The van der Waals surface area contributed by atoms with Crippen molar-refractivity contribution in [3.63, 3.8) is 0 Å². The summed E-state index contributed by atoms with van der Waals surface area (Å²) in [7, 11) is 0. The van der Waals surface area contributed by atoms with Crippen molar-refractivity contribution in [2.24, 2.45) is 0 Å². The monoisotopic (exact) mass is 232 g/mol. The number of aliphatic hydroxyl groups excluding tert-OH is 1. The molecule has 0 heterocycles. The van der Waals surface area contributed by atoms with Crippen molar-refractivity contribution in [1.29, 1.82) is 0 Å². The van der Waals surface area contributed by atoms with Gasteiger partial charge in [0.2, 0.25) is 0 Å². The molecule has 3 N–H and O–H groups in total.